The minimum Gasteiger partial charge on any atom is -0.255 e. The van der Waals surface area contributed by atoms with Crippen molar-refractivity contribution in [3.8, 4) is 0 Å². The second-order valence-corrected chi connectivity index (χ2v) is 3.45. The maximum absolute atomic E-state index is 3.36. The second kappa shape index (κ2) is 3.90. The van der Waals surface area contributed by atoms with Gasteiger partial charge >= 0.3 is 0 Å². The van der Waals surface area contributed by atoms with Gasteiger partial charge in [-0.2, -0.15) is 0 Å². The second-order valence-electron chi connectivity index (χ2n) is 3.45. The molecule has 1 aliphatic rings. The highest BCUT2D eigenvalue weighted by Gasteiger charge is 2.13. The summed E-state index contributed by atoms with van der Waals surface area (Å²) in [5.41, 5.74) is 6.34. The molecule has 0 amide bonds. The number of fused-ring (bicyclic) bond motifs is 1. The van der Waals surface area contributed by atoms with Crippen LogP contribution in [0.2, 0.25) is 0 Å². The van der Waals surface area contributed by atoms with Crippen LogP contribution >= 0.6 is 0 Å². The van der Waals surface area contributed by atoms with Crippen LogP contribution < -0.4 is 5.43 Å². The largest absolute Gasteiger partial charge is 0.255 e. The average molecular weight is 176 g/mol. The van der Waals surface area contributed by atoms with Gasteiger partial charge in [-0.15, -0.1) is 0 Å². The van der Waals surface area contributed by atoms with Crippen LogP contribution in [0.4, 0.5) is 0 Å². The van der Waals surface area contributed by atoms with E-state index in [-0.39, 0.29) is 0 Å². The molecule has 0 atom stereocenters. The van der Waals surface area contributed by atoms with Gasteiger partial charge in [0.1, 0.15) is 0 Å². The van der Waals surface area contributed by atoms with Gasteiger partial charge in [0, 0.05) is 19.6 Å². The summed E-state index contributed by atoms with van der Waals surface area (Å²) in [6, 6.07) is 8.70. The molecule has 0 aromatic heterocycles. The lowest BCUT2D eigenvalue weighted by molar-refractivity contribution is 0.174. The van der Waals surface area contributed by atoms with E-state index in [1.165, 1.54) is 17.5 Å². The molecule has 0 bridgehead atoms. The zero-order valence-electron chi connectivity index (χ0n) is 8.09. The van der Waals surface area contributed by atoms with E-state index in [0.29, 0.717) is 0 Å². The van der Waals surface area contributed by atoms with Gasteiger partial charge < -0.3 is 0 Å². The number of hydrogen-bond donors (Lipinski definition) is 1. The molecule has 70 valence electrons. The van der Waals surface area contributed by atoms with Crippen molar-refractivity contribution in [3.63, 3.8) is 0 Å². The van der Waals surface area contributed by atoms with Crippen LogP contribution in [0.5, 0.6) is 0 Å². The van der Waals surface area contributed by atoms with E-state index in [1.807, 2.05) is 0 Å². The Morgan fingerprint density at radius 3 is 2.85 bits per heavy atom. The fraction of sp³-hybridized carbons (Fsp3) is 0.455. The van der Waals surface area contributed by atoms with Crippen molar-refractivity contribution in [2.45, 2.75) is 19.9 Å². The number of hydrazine groups is 1. The molecule has 0 saturated carbocycles. The number of nitrogens with zero attached hydrogens (tertiary/aromatic N) is 1. The number of nitrogens with one attached hydrogen (secondary N) is 1. The highest BCUT2D eigenvalue weighted by Crippen LogP contribution is 2.16. The Morgan fingerprint density at radius 1 is 1.31 bits per heavy atom. The zero-order valence-corrected chi connectivity index (χ0v) is 8.09. The zero-order chi connectivity index (χ0) is 9.10. The lowest BCUT2D eigenvalue weighted by atomic mass is 10.0. The Bertz CT molecular complexity index is 283. The number of rotatable bonds is 2. The van der Waals surface area contributed by atoms with Crippen molar-refractivity contribution in [1.82, 2.24) is 10.4 Å². The smallest absolute Gasteiger partial charge is 0.0384 e. The number of hydrogen-bond acceptors (Lipinski definition) is 2. The van der Waals surface area contributed by atoms with Crippen molar-refractivity contribution in [3.05, 3.63) is 35.4 Å². The summed E-state index contributed by atoms with van der Waals surface area (Å²) >= 11 is 0. The highest BCUT2D eigenvalue weighted by molar-refractivity contribution is 5.28. The molecule has 0 spiro atoms. The summed E-state index contributed by atoms with van der Waals surface area (Å²) in [6.07, 6.45) is 1.17. The predicted octanol–water partition coefficient (Wildman–Crippen LogP) is 1.57. The fourth-order valence-corrected chi connectivity index (χ4v) is 1.85. The first kappa shape index (κ1) is 8.73. The van der Waals surface area contributed by atoms with Crippen LogP contribution in [0.3, 0.4) is 0 Å². The Hall–Kier alpha value is -0.860. The summed E-state index contributed by atoms with van der Waals surface area (Å²) in [5.74, 6) is 0. The number of benzene rings is 1. The Labute approximate surface area is 79.5 Å². The van der Waals surface area contributed by atoms with Gasteiger partial charge in [0.15, 0.2) is 0 Å². The standard InChI is InChI=1S/C11H16N2/c1-2-12-13-8-7-10-5-3-4-6-11(10)9-13/h3-6,12H,2,7-9H2,1H3. The van der Waals surface area contributed by atoms with E-state index in [2.05, 4.69) is 41.6 Å². The molecule has 0 unspecified atom stereocenters. The molecule has 2 nitrogen and oxygen atoms in total. The topological polar surface area (TPSA) is 15.3 Å². The van der Waals surface area contributed by atoms with Crippen molar-refractivity contribution in [1.29, 1.82) is 0 Å². The molecule has 1 aromatic carbocycles. The summed E-state index contributed by atoms with van der Waals surface area (Å²) in [6.45, 7) is 5.33. The maximum Gasteiger partial charge on any atom is 0.0384 e. The average Bonchev–Trinajstić information content (AvgIpc) is 2.18. The molecule has 0 fully saturated rings. The Morgan fingerprint density at radius 2 is 2.08 bits per heavy atom. The van der Waals surface area contributed by atoms with Crippen molar-refractivity contribution >= 4 is 0 Å². The molecule has 2 rings (SSSR count). The van der Waals surface area contributed by atoms with Gasteiger partial charge in [0.05, 0.1) is 0 Å². The van der Waals surface area contributed by atoms with Crippen LogP contribution in [0.1, 0.15) is 18.1 Å². The minimum atomic E-state index is 1.02. The first-order chi connectivity index (χ1) is 6.40. The molecule has 13 heavy (non-hydrogen) atoms. The van der Waals surface area contributed by atoms with Crippen LogP contribution in [0, 0.1) is 0 Å². The van der Waals surface area contributed by atoms with Gasteiger partial charge in [-0.05, 0) is 17.5 Å². The predicted molar refractivity (Wildman–Crippen MR) is 54.2 cm³/mol. The quantitative estimate of drug-likeness (QED) is 0.736. The summed E-state index contributed by atoms with van der Waals surface area (Å²) < 4.78 is 0. The lowest BCUT2D eigenvalue weighted by Crippen LogP contribution is -2.41. The first-order valence-electron chi connectivity index (χ1n) is 4.95. The molecule has 0 saturated heterocycles. The highest BCUT2D eigenvalue weighted by atomic mass is 15.5. The van der Waals surface area contributed by atoms with E-state index in [4.69, 9.17) is 0 Å². The summed E-state index contributed by atoms with van der Waals surface area (Å²) in [4.78, 5) is 0. The summed E-state index contributed by atoms with van der Waals surface area (Å²) in [5, 5.41) is 2.29. The van der Waals surface area contributed by atoms with E-state index < -0.39 is 0 Å². The van der Waals surface area contributed by atoms with Crippen molar-refractivity contribution in [2.24, 2.45) is 0 Å². The maximum atomic E-state index is 3.36. The third-order valence-corrected chi connectivity index (χ3v) is 2.51. The van der Waals surface area contributed by atoms with E-state index in [0.717, 1.165) is 19.6 Å². The molecular formula is C11H16N2. The summed E-state index contributed by atoms with van der Waals surface area (Å²) in [7, 11) is 0. The Kier molecular flexibility index (Phi) is 2.62. The fourth-order valence-electron chi connectivity index (χ4n) is 1.85. The van der Waals surface area contributed by atoms with Gasteiger partial charge in [0.25, 0.3) is 0 Å². The molecule has 1 heterocycles. The van der Waals surface area contributed by atoms with Crippen molar-refractivity contribution in [2.75, 3.05) is 13.1 Å². The van der Waals surface area contributed by atoms with Crippen LogP contribution in [0.15, 0.2) is 24.3 Å². The molecule has 2 heteroatoms. The van der Waals surface area contributed by atoms with Gasteiger partial charge in [-0.1, -0.05) is 31.2 Å². The molecule has 1 aromatic rings. The van der Waals surface area contributed by atoms with Crippen LogP contribution in [0.25, 0.3) is 0 Å². The molecule has 1 aliphatic heterocycles. The van der Waals surface area contributed by atoms with Crippen LogP contribution in [-0.4, -0.2) is 18.1 Å². The van der Waals surface area contributed by atoms with Gasteiger partial charge in [-0.25, -0.2) is 5.01 Å². The SMILES string of the molecule is CCNN1CCc2ccccc2C1. The third kappa shape index (κ3) is 1.90. The van der Waals surface area contributed by atoms with E-state index in [9.17, 15) is 0 Å². The molecule has 0 radical (unpaired) electrons. The van der Waals surface area contributed by atoms with Crippen LogP contribution in [-0.2, 0) is 13.0 Å². The molecule has 1 N–H and O–H groups in total. The third-order valence-electron chi connectivity index (χ3n) is 2.51. The lowest BCUT2D eigenvalue weighted by Gasteiger charge is -2.28. The normalized spacial score (nSPS) is 17.0. The Balaban J connectivity index is 2.11. The van der Waals surface area contributed by atoms with E-state index >= 15 is 0 Å². The van der Waals surface area contributed by atoms with E-state index in [1.54, 1.807) is 0 Å². The monoisotopic (exact) mass is 176 g/mol. The minimum absolute atomic E-state index is 1.02. The van der Waals surface area contributed by atoms with Crippen molar-refractivity contribution < 1.29 is 0 Å². The molecule has 0 aliphatic carbocycles. The molecular weight excluding hydrogens is 160 g/mol. The first-order valence-corrected chi connectivity index (χ1v) is 4.95. The van der Waals surface area contributed by atoms with Gasteiger partial charge in [0.2, 0.25) is 0 Å². The van der Waals surface area contributed by atoms with Gasteiger partial charge in [-0.3, -0.25) is 5.43 Å².